The van der Waals surface area contributed by atoms with Crippen LogP contribution in [0, 0.1) is 0 Å². The van der Waals surface area contributed by atoms with Gasteiger partial charge in [0.25, 0.3) is 0 Å². The van der Waals surface area contributed by atoms with E-state index >= 15 is 0 Å². The second-order valence-electron chi connectivity index (χ2n) is 4.10. The molecule has 0 aromatic carbocycles. The Morgan fingerprint density at radius 3 is 2.71 bits per heavy atom. The summed E-state index contributed by atoms with van der Waals surface area (Å²) in [6.07, 6.45) is 1.85. The average molecular weight is 327 g/mol. The topological polar surface area (TPSA) is 166 Å². The SMILES string of the molecule is C[C@H](Cn1cnc2c(N)ncnc21)OCP(=O)(O)O.[Na+].[OH-]. The van der Waals surface area contributed by atoms with Gasteiger partial charge in [-0.1, -0.05) is 0 Å². The Labute approximate surface area is 142 Å². The van der Waals surface area contributed by atoms with Crippen LogP contribution in [0.3, 0.4) is 0 Å². The van der Waals surface area contributed by atoms with Crippen LogP contribution >= 0.6 is 7.60 Å². The Hall–Kier alpha value is -0.580. The van der Waals surface area contributed by atoms with Gasteiger partial charge < -0.3 is 30.3 Å². The Morgan fingerprint density at radius 1 is 1.43 bits per heavy atom. The Morgan fingerprint density at radius 2 is 2.10 bits per heavy atom. The van der Waals surface area contributed by atoms with Gasteiger partial charge in [-0.3, -0.25) is 4.57 Å². The number of rotatable bonds is 5. The molecule has 0 unspecified atom stereocenters. The van der Waals surface area contributed by atoms with Crippen LogP contribution in [0.5, 0.6) is 0 Å². The van der Waals surface area contributed by atoms with Gasteiger partial charge in [0.05, 0.1) is 19.0 Å². The zero-order chi connectivity index (χ0) is 14.0. The third kappa shape index (κ3) is 5.61. The minimum atomic E-state index is -4.16. The number of ether oxygens (including phenoxy) is 1. The van der Waals surface area contributed by atoms with Crippen molar-refractivity contribution in [1.82, 2.24) is 19.5 Å². The van der Waals surface area contributed by atoms with Crippen molar-refractivity contribution < 1.29 is 54.1 Å². The molecule has 0 fully saturated rings. The Balaban J connectivity index is 0.00000200. The quantitative estimate of drug-likeness (QED) is 0.378. The van der Waals surface area contributed by atoms with Crippen molar-refractivity contribution in [1.29, 1.82) is 0 Å². The fourth-order valence-electron chi connectivity index (χ4n) is 1.59. The third-order valence-electron chi connectivity index (χ3n) is 2.41. The number of nitrogens with zero attached hydrogens (tertiary/aromatic N) is 4. The van der Waals surface area contributed by atoms with Crippen LogP contribution in [-0.4, -0.2) is 47.2 Å². The molecule has 0 radical (unpaired) electrons. The minimum absolute atomic E-state index is 0. The minimum Gasteiger partial charge on any atom is -0.870 e. The van der Waals surface area contributed by atoms with E-state index in [1.165, 1.54) is 12.7 Å². The first-order valence-electron chi connectivity index (χ1n) is 5.44. The van der Waals surface area contributed by atoms with Gasteiger partial charge in [-0.05, 0) is 6.92 Å². The van der Waals surface area contributed by atoms with Crippen LogP contribution in [0.15, 0.2) is 12.7 Å². The van der Waals surface area contributed by atoms with E-state index in [4.69, 9.17) is 20.3 Å². The van der Waals surface area contributed by atoms with Crippen molar-refractivity contribution in [2.75, 3.05) is 12.1 Å². The van der Waals surface area contributed by atoms with Gasteiger partial charge >= 0.3 is 37.2 Å². The van der Waals surface area contributed by atoms with E-state index in [2.05, 4.69) is 15.0 Å². The first-order chi connectivity index (χ1) is 8.87. The number of hydrogen-bond acceptors (Lipinski definition) is 7. The number of nitrogen functional groups attached to an aromatic ring is 1. The van der Waals surface area contributed by atoms with Crippen LogP contribution in [0.2, 0.25) is 0 Å². The molecule has 0 aliphatic carbocycles. The summed E-state index contributed by atoms with van der Waals surface area (Å²) < 4.78 is 17.5. The van der Waals surface area contributed by atoms with Crippen LogP contribution in [0.4, 0.5) is 5.82 Å². The number of imidazole rings is 1. The molecule has 10 nitrogen and oxygen atoms in total. The normalized spacial score (nSPS) is 12.5. The molecule has 2 aromatic rings. The second kappa shape index (κ2) is 8.16. The molecule has 0 spiro atoms. The van der Waals surface area contributed by atoms with Gasteiger partial charge in [-0.25, -0.2) is 15.0 Å². The van der Waals surface area contributed by atoms with Gasteiger partial charge in [0.1, 0.15) is 18.2 Å². The van der Waals surface area contributed by atoms with E-state index in [9.17, 15) is 4.57 Å². The van der Waals surface area contributed by atoms with Crippen molar-refractivity contribution in [3.8, 4) is 0 Å². The molecule has 2 aromatic heterocycles. The van der Waals surface area contributed by atoms with Gasteiger partial charge in [-0.2, -0.15) is 0 Å². The smallest absolute Gasteiger partial charge is 0.870 e. The summed E-state index contributed by atoms with van der Waals surface area (Å²) in [6.45, 7) is 2.05. The van der Waals surface area contributed by atoms with Crippen molar-refractivity contribution >= 4 is 24.6 Å². The van der Waals surface area contributed by atoms with Crippen LogP contribution in [0.1, 0.15) is 6.92 Å². The fraction of sp³-hybridized carbons (Fsp3) is 0.444. The van der Waals surface area contributed by atoms with E-state index in [0.29, 0.717) is 17.7 Å². The van der Waals surface area contributed by atoms with Gasteiger partial charge in [0.2, 0.25) is 0 Å². The molecule has 0 aliphatic rings. The largest absolute Gasteiger partial charge is 1.00 e. The predicted octanol–water partition coefficient (Wildman–Crippen LogP) is -3.22. The molecule has 21 heavy (non-hydrogen) atoms. The van der Waals surface area contributed by atoms with E-state index in [1.807, 2.05) is 0 Å². The summed E-state index contributed by atoms with van der Waals surface area (Å²) >= 11 is 0. The van der Waals surface area contributed by atoms with E-state index < -0.39 is 20.0 Å². The molecule has 12 heteroatoms. The molecular weight excluding hydrogens is 312 g/mol. The molecule has 0 aliphatic heterocycles. The van der Waals surface area contributed by atoms with E-state index in [0.717, 1.165) is 0 Å². The average Bonchev–Trinajstić information content (AvgIpc) is 2.71. The fourth-order valence-corrected chi connectivity index (χ4v) is 2.04. The summed E-state index contributed by atoms with van der Waals surface area (Å²) in [7, 11) is -4.16. The number of fused-ring (bicyclic) bond motifs is 1. The van der Waals surface area contributed by atoms with Crippen LogP contribution < -0.4 is 35.3 Å². The molecule has 1 atom stereocenters. The number of anilines is 1. The van der Waals surface area contributed by atoms with Crippen molar-refractivity contribution in [3.63, 3.8) is 0 Å². The Bertz CT molecular complexity index is 632. The molecule has 112 valence electrons. The monoisotopic (exact) mass is 327 g/mol. The van der Waals surface area contributed by atoms with Crippen molar-refractivity contribution in [2.24, 2.45) is 0 Å². The molecular formula is C9H15N5NaO5P. The maximum atomic E-state index is 10.7. The number of hydrogen-bond donors (Lipinski definition) is 3. The molecule has 0 saturated heterocycles. The van der Waals surface area contributed by atoms with Crippen LogP contribution in [0.25, 0.3) is 11.2 Å². The summed E-state index contributed by atoms with van der Waals surface area (Å²) in [4.78, 5) is 29.4. The molecule has 2 heterocycles. The molecule has 0 saturated carbocycles. The summed E-state index contributed by atoms with van der Waals surface area (Å²) in [5.74, 6) is 0.285. The summed E-state index contributed by atoms with van der Waals surface area (Å²) in [5.41, 5.74) is 6.70. The number of nitrogens with two attached hydrogens (primary N) is 1. The summed E-state index contributed by atoms with van der Waals surface area (Å²) in [6, 6.07) is 0. The standard InChI is InChI=1S/C9H14N5O4P.Na.H2O/c1-6(18-5-19(15,16)17)2-14-4-13-7-8(10)11-3-12-9(7)14;;/h3-4,6H,2,5H2,1H3,(H2,10,11,12)(H2,15,16,17);;1H2/q;+1;/p-1/t6-;;/m1../s1. The van der Waals surface area contributed by atoms with Gasteiger partial charge in [0.15, 0.2) is 11.5 Å². The second-order valence-corrected chi connectivity index (χ2v) is 5.69. The zero-order valence-corrected chi connectivity index (χ0v) is 14.5. The molecule has 0 amide bonds. The van der Waals surface area contributed by atoms with Crippen molar-refractivity contribution in [3.05, 3.63) is 12.7 Å². The summed E-state index contributed by atoms with van der Waals surface area (Å²) in [5, 5.41) is 0. The molecule has 0 bridgehead atoms. The predicted molar refractivity (Wildman–Crippen MR) is 69.1 cm³/mol. The molecule has 2 rings (SSSR count). The van der Waals surface area contributed by atoms with Crippen molar-refractivity contribution in [2.45, 2.75) is 19.6 Å². The van der Waals surface area contributed by atoms with Crippen LogP contribution in [-0.2, 0) is 15.8 Å². The first kappa shape index (κ1) is 20.4. The zero-order valence-electron chi connectivity index (χ0n) is 11.6. The van der Waals surface area contributed by atoms with Gasteiger partial charge in [0, 0.05) is 0 Å². The number of aromatic nitrogens is 4. The van der Waals surface area contributed by atoms with E-state index in [1.54, 1.807) is 11.5 Å². The third-order valence-corrected chi connectivity index (χ3v) is 2.90. The van der Waals surface area contributed by atoms with E-state index in [-0.39, 0.29) is 40.9 Å². The maximum Gasteiger partial charge on any atom is 1.00 e. The molecule has 5 N–H and O–H groups in total. The van der Waals surface area contributed by atoms with Gasteiger partial charge in [-0.15, -0.1) is 0 Å². The Kier molecular flexibility index (Phi) is 7.93. The first-order valence-corrected chi connectivity index (χ1v) is 7.24. The maximum absolute atomic E-state index is 10.7.